The molecule has 98 valence electrons. The van der Waals surface area contributed by atoms with Crippen molar-refractivity contribution in [3.63, 3.8) is 0 Å². The van der Waals surface area contributed by atoms with Gasteiger partial charge in [0.15, 0.2) is 0 Å². The summed E-state index contributed by atoms with van der Waals surface area (Å²) in [6.07, 6.45) is 3.20. The number of hydrogen-bond donors (Lipinski definition) is 0. The van der Waals surface area contributed by atoms with E-state index in [0.717, 1.165) is 10.0 Å². The normalized spacial score (nSPS) is 10.3. The standard InChI is InChI=1S/C14H12BrClN2O/c1-18(9-10-3-2-4-13(16)5-10)14(19)11-6-12(15)8-17-7-11/h2-8H,9H2,1H3. The van der Waals surface area contributed by atoms with E-state index in [1.807, 2.05) is 24.3 Å². The van der Waals surface area contributed by atoms with E-state index in [4.69, 9.17) is 11.6 Å². The summed E-state index contributed by atoms with van der Waals surface area (Å²) in [6, 6.07) is 9.23. The summed E-state index contributed by atoms with van der Waals surface area (Å²) in [6.45, 7) is 0.506. The van der Waals surface area contributed by atoms with Crippen LogP contribution in [0.1, 0.15) is 15.9 Å². The zero-order valence-electron chi connectivity index (χ0n) is 10.3. The Labute approximate surface area is 125 Å². The smallest absolute Gasteiger partial charge is 0.255 e. The molecule has 0 saturated carbocycles. The van der Waals surface area contributed by atoms with E-state index in [1.54, 1.807) is 30.4 Å². The lowest BCUT2D eigenvalue weighted by atomic mass is 10.2. The van der Waals surface area contributed by atoms with Gasteiger partial charge in [-0.3, -0.25) is 9.78 Å². The Hall–Kier alpha value is -1.39. The van der Waals surface area contributed by atoms with Gasteiger partial charge in [-0.05, 0) is 39.7 Å². The van der Waals surface area contributed by atoms with Crippen LogP contribution in [-0.2, 0) is 6.54 Å². The van der Waals surface area contributed by atoms with E-state index < -0.39 is 0 Å². The van der Waals surface area contributed by atoms with Gasteiger partial charge in [0.05, 0.1) is 5.56 Å². The number of nitrogens with zero attached hydrogens (tertiary/aromatic N) is 2. The van der Waals surface area contributed by atoms with Crippen molar-refractivity contribution in [3.05, 3.63) is 63.3 Å². The Morgan fingerprint density at radius 3 is 2.84 bits per heavy atom. The van der Waals surface area contributed by atoms with Crippen LogP contribution in [0.15, 0.2) is 47.2 Å². The predicted octanol–water partition coefficient (Wildman–Crippen LogP) is 3.77. The van der Waals surface area contributed by atoms with Gasteiger partial charge in [0.2, 0.25) is 0 Å². The summed E-state index contributed by atoms with van der Waals surface area (Å²) >= 11 is 9.23. The molecule has 0 atom stereocenters. The monoisotopic (exact) mass is 338 g/mol. The van der Waals surface area contributed by atoms with Crippen LogP contribution in [0.25, 0.3) is 0 Å². The first-order valence-electron chi connectivity index (χ1n) is 5.67. The molecule has 3 nitrogen and oxygen atoms in total. The fourth-order valence-electron chi connectivity index (χ4n) is 1.73. The molecule has 2 aromatic rings. The number of pyridine rings is 1. The van der Waals surface area contributed by atoms with E-state index in [1.165, 1.54) is 0 Å². The third-order valence-electron chi connectivity index (χ3n) is 2.61. The van der Waals surface area contributed by atoms with Gasteiger partial charge in [0.1, 0.15) is 0 Å². The van der Waals surface area contributed by atoms with Gasteiger partial charge in [-0.15, -0.1) is 0 Å². The van der Waals surface area contributed by atoms with Gasteiger partial charge >= 0.3 is 0 Å². The van der Waals surface area contributed by atoms with Gasteiger partial charge < -0.3 is 4.90 Å². The quantitative estimate of drug-likeness (QED) is 0.853. The molecule has 1 amide bonds. The highest BCUT2D eigenvalue weighted by Gasteiger charge is 2.12. The van der Waals surface area contributed by atoms with Gasteiger partial charge in [-0.25, -0.2) is 0 Å². The number of amides is 1. The maximum Gasteiger partial charge on any atom is 0.255 e. The second-order valence-corrected chi connectivity index (χ2v) is 5.54. The van der Waals surface area contributed by atoms with E-state index in [0.29, 0.717) is 17.1 Å². The number of halogens is 2. The lowest BCUT2D eigenvalue weighted by Gasteiger charge is -2.17. The number of benzene rings is 1. The summed E-state index contributed by atoms with van der Waals surface area (Å²) in [5.74, 6) is -0.0752. The second kappa shape index (κ2) is 6.17. The van der Waals surface area contributed by atoms with Gasteiger partial charge in [-0.2, -0.15) is 0 Å². The van der Waals surface area contributed by atoms with E-state index in [2.05, 4.69) is 20.9 Å². The van der Waals surface area contributed by atoms with Crippen molar-refractivity contribution < 1.29 is 4.79 Å². The first-order valence-corrected chi connectivity index (χ1v) is 6.84. The average Bonchev–Trinajstić information content (AvgIpc) is 2.38. The van der Waals surface area contributed by atoms with Crippen molar-refractivity contribution in [3.8, 4) is 0 Å². The zero-order chi connectivity index (χ0) is 13.8. The molecule has 1 aromatic heterocycles. The SMILES string of the molecule is CN(Cc1cccc(Cl)c1)C(=O)c1cncc(Br)c1. The molecule has 2 rings (SSSR count). The fraction of sp³-hybridized carbons (Fsp3) is 0.143. The highest BCUT2D eigenvalue weighted by Crippen LogP contribution is 2.15. The minimum Gasteiger partial charge on any atom is -0.337 e. The number of aromatic nitrogens is 1. The van der Waals surface area contributed by atoms with Crippen LogP contribution in [0.3, 0.4) is 0 Å². The van der Waals surface area contributed by atoms with Crippen molar-refractivity contribution in [2.45, 2.75) is 6.54 Å². The average molecular weight is 340 g/mol. The molecule has 1 heterocycles. The van der Waals surface area contributed by atoms with Crippen LogP contribution in [0, 0.1) is 0 Å². The Morgan fingerprint density at radius 2 is 2.16 bits per heavy atom. The van der Waals surface area contributed by atoms with E-state index >= 15 is 0 Å². The van der Waals surface area contributed by atoms with Crippen molar-refractivity contribution >= 4 is 33.4 Å². The molecule has 0 fully saturated rings. The third-order valence-corrected chi connectivity index (χ3v) is 3.28. The molecule has 0 aliphatic carbocycles. The van der Waals surface area contributed by atoms with Crippen molar-refractivity contribution in [1.29, 1.82) is 0 Å². The summed E-state index contributed by atoms with van der Waals surface area (Å²) in [7, 11) is 1.75. The number of carbonyl (C=O) groups is 1. The van der Waals surface area contributed by atoms with Crippen molar-refractivity contribution in [1.82, 2.24) is 9.88 Å². The summed E-state index contributed by atoms with van der Waals surface area (Å²) in [4.78, 5) is 17.8. The molecule has 0 radical (unpaired) electrons. The lowest BCUT2D eigenvalue weighted by molar-refractivity contribution is 0.0784. The largest absolute Gasteiger partial charge is 0.337 e. The molecule has 0 N–H and O–H groups in total. The highest BCUT2D eigenvalue weighted by atomic mass is 79.9. The van der Waals surface area contributed by atoms with E-state index in [9.17, 15) is 4.79 Å². The molecule has 1 aromatic carbocycles. The van der Waals surface area contributed by atoms with Gasteiger partial charge in [-0.1, -0.05) is 23.7 Å². The Morgan fingerprint density at radius 1 is 1.37 bits per heavy atom. The van der Waals surface area contributed by atoms with Crippen LogP contribution in [-0.4, -0.2) is 22.8 Å². The molecule has 19 heavy (non-hydrogen) atoms. The Kier molecular flexibility index (Phi) is 4.56. The van der Waals surface area contributed by atoms with Crippen LogP contribution in [0.4, 0.5) is 0 Å². The molecule has 0 aliphatic heterocycles. The number of rotatable bonds is 3. The van der Waals surface area contributed by atoms with Crippen LogP contribution >= 0.6 is 27.5 Å². The highest BCUT2D eigenvalue weighted by molar-refractivity contribution is 9.10. The molecular weight excluding hydrogens is 328 g/mol. The fourth-order valence-corrected chi connectivity index (χ4v) is 2.31. The molecule has 5 heteroatoms. The zero-order valence-corrected chi connectivity index (χ0v) is 12.6. The number of hydrogen-bond acceptors (Lipinski definition) is 2. The van der Waals surface area contributed by atoms with Crippen LogP contribution in [0.5, 0.6) is 0 Å². The lowest BCUT2D eigenvalue weighted by Crippen LogP contribution is -2.26. The summed E-state index contributed by atoms with van der Waals surface area (Å²) < 4.78 is 0.787. The topological polar surface area (TPSA) is 33.2 Å². The maximum absolute atomic E-state index is 12.2. The molecule has 0 aliphatic rings. The second-order valence-electron chi connectivity index (χ2n) is 4.18. The Balaban J connectivity index is 2.12. The molecule has 0 saturated heterocycles. The molecule has 0 unspecified atom stereocenters. The predicted molar refractivity (Wildman–Crippen MR) is 79.2 cm³/mol. The number of carbonyl (C=O) groups excluding carboxylic acids is 1. The van der Waals surface area contributed by atoms with Gasteiger partial charge in [0.25, 0.3) is 5.91 Å². The van der Waals surface area contributed by atoms with Crippen LogP contribution < -0.4 is 0 Å². The van der Waals surface area contributed by atoms with Gasteiger partial charge in [0, 0.05) is 35.5 Å². The molecule has 0 spiro atoms. The maximum atomic E-state index is 12.2. The summed E-state index contributed by atoms with van der Waals surface area (Å²) in [5.41, 5.74) is 1.55. The van der Waals surface area contributed by atoms with Crippen molar-refractivity contribution in [2.24, 2.45) is 0 Å². The molecule has 0 bridgehead atoms. The Bertz CT molecular complexity index is 604. The minimum absolute atomic E-state index is 0.0752. The first kappa shape index (κ1) is 14.0. The van der Waals surface area contributed by atoms with Crippen LogP contribution in [0.2, 0.25) is 5.02 Å². The van der Waals surface area contributed by atoms with Crippen molar-refractivity contribution in [2.75, 3.05) is 7.05 Å². The third kappa shape index (κ3) is 3.78. The van der Waals surface area contributed by atoms with E-state index in [-0.39, 0.29) is 5.91 Å². The first-order chi connectivity index (χ1) is 9.06. The summed E-state index contributed by atoms with van der Waals surface area (Å²) in [5, 5.41) is 0.669. The minimum atomic E-state index is -0.0752. The molecular formula is C14H12BrClN2O.